The number of benzene rings is 1. The molecule has 0 saturated carbocycles. The fourth-order valence-electron chi connectivity index (χ4n) is 2.04. The molecule has 0 aliphatic carbocycles. The van der Waals surface area contributed by atoms with Crippen LogP contribution in [-0.4, -0.2) is 28.8 Å². The van der Waals surface area contributed by atoms with Crippen LogP contribution in [0.1, 0.15) is 40.2 Å². The van der Waals surface area contributed by atoms with Crippen molar-refractivity contribution in [3.05, 3.63) is 29.8 Å². The summed E-state index contributed by atoms with van der Waals surface area (Å²) in [6.07, 6.45) is -0.598. The third-order valence-corrected chi connectivity index (χ3v) is 3.30. The van der Waals surface area contributed by atoms with Crippen molar-refractivity contribution in [1.29, 1.82) is 0 Å². The van der Waals surface area contributed by atoms with Gasteiger partial charge in [-0.05, 0) is 32.4 Å². The molecule has 0 aromatic heterocycles. The molecule has 0 bridgehead atoms. The summed E-state index contributed by atoms with van der Waals surface area (Å²) in [6, 6.07) is 5.85. The minimum absolute atomic E-state index is 0.485. The number of carbonyl (C=O) groups excluding carboxylic acids is 1. The molecule has 1 atom stereocenters. The number of carboxylic acid groups (broad SMARTS) is 1. The van der Waals surface area contributed by atoms with Crippen molar-refractivity contribution in [2.24, 2.45) is 5.73 Å². The molecule has 0 aliphatic heterocycles. The first-order valence-corrected chi connectivity index (χ1v) is 7.03. The van der Waals surface area contributed by atoms with Gasteiger partial charge in [0.25, 0.3) is 0 Å². The van der Waals surface area contributed by atoms with Crippen LogP contribution < -0.4 is 11.1 Å². The first kappa shape index (κ1) is 18.0. The van der Waals surface area contributed by atoms with Crippen LogP contribution in [0.25, 0.3) is 0 Å². The molecule has 1 aromatic rings. The van der Waals surface area contributed by atoms with Crippen LogP contribution in [0.3, 0.4) is 0 Å². The Morgan fingerprint density at radius 3 is 2.23 bits per heavy atom. The first-order valence-electron chi connectivity index (χ1n) is 7.03. The number of rotatable bonds is 4. The summed E-state index contributed by atoms with van der Waals surface area (Å²) in [5, 5.41) is 11.8. The quantitative estimate of drug-likeness (QED) is 0.793. The number of carbonyl (C=O) groups is 2. The maximum atomic E-state index is 11.9. The molecule has 0 aliphatic rings. The lowest BCUT2D eigenvalue weighted by Gasteiger charge is -2.31. The largest absolute Gasteiger partial charge is 0.480 e. The zero-order valence-corrected chi connectivity index (χ0v) is 13.6. The van der Waals surface area contributed by atoms with Gasteiger partial charge >= 0.3 is 12.1 Å². The molecule has 0 saturated heterocycles. The summed E-state index contributed by atoms with van der Waals surface area (Å²) < 4.78 is 5.22. The van der Waals surface area contributed by atoms with Crippen LogP contribution in [0.5, 0.6) is 0 Å². The average Bonchev–Trinajstić information content (AvgIpc) is 2.35. The lowest BCUT2D eigenvalue weighted by atomic mass is 9.77. The Morgan fingerprint density at radius 2 is 1.73 bits per heavy atom. The molecule has 4 N–H and O–H groups in total. The zero-order chi connectivity index (χ0) is 17.1. The summed E-state index contributed by atoms with van der Waals surface area (Å²) in [4.78, 5) is 23.1. The second kappa shape index (κ2) is 6.36. The predicted molar refractivity (Wildman–Crippen MR) is 84.9 cm³/mol. The maximum absolute atomic E-state index is 11.9. The number of para-hydroxylation sites is 1. The highest BCUT2D eigenvalue weighted by Gasteiger charge is 2.35. The molecule has 0 fully saturated rings. The Kier molecular flexibility index (Phi) is 5.19. The molecule has 1 unspecified atom stereocenters. The molecular weight excluding hydrogens is 284 g/mol. The van der Waals surface area contributed by atoms with Crippen molar-refractivity contribution in [3.8, 4) is 0 Å². The number of aliphatic carboxylic acids is 1. The van der Waals surface area contributed by atoms with Gasteiger partial charge in [-0.1, -0.05) is 32.0 Å². The summed E-state index contributed by atoms with van der Waals surface area (Å²) >= 11 is 0. The van der Waals surface area contributed by atoms with E-state index in [9.17, 15) is 9.59 Å². The summed E-state index contributed by atoms with van der Waals surface area (Å²) in [6.45, 7) is 8.75. The van der Waals surface area contributed by atoms with E-state index in [2.05, 4.69) is 5.32 Å². The van der Waals surface area contributed by atoms with Gasteiger partial charge in [-0.25, -0.2) is 4.79 Å². The molecule has 122 valence electrons. The zero-order valence-electron chi connectivity index (χ0n) is 13.6. The van der Waals surface area contributed by atoms with Crippen molar-refractivity contribution in [1.82, 2.24) is 0 Å². The van der Waals surface area contributed by atoms with Crippen LogP contribution in [-0.2, 0) is 14.9 Å². The highest BCUT2D eigenvalue weighted by atomic mass is 16.6. The Morgan fingerprint density at radius 1 is 1.18 bits per heavy atom. The van der Waals surface area contributed by atoms with E-state index < -0.39 is 29.1 Å². The molecular formula is C16H24N2O4. The molecule has 0 heterocycles. The predicted octanol–water partition coefficient (Wildman–Crippen LogP) is 2.72. The van der Waals surface area contributed by atoms with E-state index in [1.807, 2.05) is 0 Å². The molecule has 1 aromatic carbocycles. The van der Waals surface area contributed by atoms with E-state index in [0.717, 1.165) is 0 Å². The van der Waals surface area contributed by atoms with E-state index >= 15 is 0 Å². The fourth-order valence-corrected chi connectivity index (χ4v) is 2.04. The highest BCUT2D eigenvalue weighted by molar-refractivity contribution is 5.87. The van der Waals surface area contributed by atoms with E-state index in [1.54, 1.807) is 58.9 Å². The summed E-state index contributed by atoms with van der Waals surface area (Å²) in [7, 11) is 0. The molecule has 22 heavy (non-hydrogen) atoms. The number of ether oxygens (including phenoxy) is 1. The van der Waals surface area contributed by atoms with Gasteiger partial charge in [-0.15, -0.1) is 0 Å². The lowest BCUT2D eigenvalue weighted by molar-refractivity contribution is -0.140. The van der Waals surface area contributed by atoms with Gasteiger partial charge in [0.1, 0.15) is 11.6 Å². The van der Waals surface area contributed by atoms with Crippen molar-refractivity contribution in [3.63, 3.8) is 0 Å². The number of carboxylic acids is 1. The number of amides is 1. The van der Waals surface area contributed by atoms with Crippen molar-refractivity contribution < 1.29 is 19.4 Å². The average molecular weight is 308 g/mol. The van der Waals surface area contributed by atoms with Crippen LogP contribution in [0.15, 0.2) is 24.3 Å². The standard InChI is InChI=1S/C16H24N2O4/c1-15(2,3)22-14(21)18-11-9-7-6-8-10(11)16(4,5)12(17)13(19)20/h6-9,12H,17H2,1-5H3,(H,18,21)(H,19,20). The Labute approximate surface area is 130 Å². The van der Waals surface area contributed by atoms with E-state index in [-0.39, 0.29) is 0 Å². The van der Waals surface area contributed by atoms with Gasteiger partial charge in [0.2, 0.25) is 0 Å². The summed E-state index contributed by atoms with van der Waals surface area (Å²) in [5.74, 6) is -1.10. The maximum Gasteiger partial charge on any atom is 0.412 e. The number of hydrogen-bond acceptors (Lipinski definition) is 4. The highest BCUT2D eigenvalue weighted by Crippen LogP contribution is 2.32. The topological polar surface area (TPSA) is 102 Å². The number of nitrogens with two attached hydrogens (primary N) is 1. The minimum atomic E-state index is -1.10. The normalized spacial score (nSPS) is 13.4. The SMILES string of the molecule is CC(C)(C)OC(=O)Nc1ccccc1C(C)(C)C(N)C(=O)O. The number of nitrogens with one attached hydrogen (secondary N) is 1. The van der Waals surface area contributed by atoms with E-state index in [0.29, 0.717) is 11.3 Å². The van der Waals surface area contributed by atoms with Crippen LogP contribution in [0.4, 0.5) is 10.5 Å². The van der Waals surface area contributed by atoms with Crippen LogP contribution in [0, 0.1) is 0 Å². The van der Waals surface area contributed by atoms with Gasteiger partial charge in [0.15, 0.2) is 0 Å². The third-order valence-electron chi connectivity index (χ3n) is 3.30. The van der Waals surface area contributed by atoms with Gasteiger partial charge < -0.3 is 15.6 Å². The first-order chi connectivity index (χ1) is 9.95. The number of anilines is 1. The smallest absolute Gasteiger partial charge is 0.412 e. The molecule has 1 amide bonds. The molecule has 0 spiro atoms. The molecule has 1 rings (SSSR count). The fraction of sp³-hybridized carbons (Fsp3) is 0.500. The van der Waals surface area contributed by atoms with Gasteiger partial charge in [0.05, 0.1) is 0 Å². The molecule has 6 nitrogen and oxygen atoms in total. The Balaban J connectivity index is 3.10. The van der Waals surface area contributed by atoms with Gasteiger partial charge in [-0.2, -0.15) is 0 Å². The second-order valence-electron chi connectivity index (χ2n) is 6.71. The van der Waals surface area contributed by atoms with Crippen LogP contribution >= 0.6 is 0 Å². The Bertz CT molecular complexity index is 562. The van der Waals surface area contributed by atoms with E-state index in [4.69, 9.17) is 15.6 Å². The second-order valence-corrected chi connectivity index (χ2v) is 6.71. The lowest BCUT2D eigenvalue weighted by Crippen LogP contribution is -2.47. The van der Waals surface area contributed by atoms with Gasteiger partial charge in [0, 0.05) is 11.1 Å². The molecule has 6 heteroatoms. The third kappa shape index (κ3) is 4.46. The van der Waals surface area contributed by atoms with Crippen molar-refractivity contribution in [2.45, 2.75) is 51.7 Å². The van der Waals surface area contributed by atoms with E-state index in [1.165, 1.54) is 0 Å². The van der Waals surface area contributed by atoms with Crippen molar-refractivity contribution in [2.75, 3.05) is 5.32 Å². The van der Waals surface area contributed by atoms with Gasteiger partial charge in [-0.3, -0.25) is 10.1 Å². The van der Waals surface area contributed by atoms with Crippen molar-refractivity contribution >= 4 is 17.7 Å². The monoisotopic (exact) mass is 308 g/mol. The number of hydrogen-bond donors (Lipinski definition) is 3. The minimum Gasteiger partial charge on any atom is -0.480 e. The van der Waals surface area contributed by atoms with Crippen LogP contribution in [0.2, 0.25) is 0 Å². The summed E-state index contributed by atoms with van der Waals surface area (Å²) in [5.41, 5.74) is 5.42. The Hall–Kier alpha value is -2.08. The molecule has 0 radical (unpaired) electrons.